The molecule has 18 heavy (non-hydrogen) atoms. The summed E-state index contributed by atoms with van der Waals surface area (Å²) >= 11 is 0. The van der Waals surface area contributed by atoms with E-state index < -0.39 is 0 Å². The fraction of sp³-hybridized carbons (Fsp3) is 0.462. The van der Waals surface area contributed by atoms with Crippen LogP contribution < -0.4 is 10.2 Å². The number of nitrogens with zero attached hydrogens (tertiary/aromatic N) is 3. The Morgan fingerprint density at radius 3 is 2.78 bits per heavy atom. The number of pyridine rings is 1. The van der Waals surface area contributed by atoms with Crippen LogP contribution in [0.15, 0.2) is 18.3 Å². The van der Waals surface area contributed by atoms with Crippen LogP contribution in [0.1, 0.15) is 18.4 Å². The number of carbonyl (C=O) groups is 1. The second-order valence-corrected chi connectivity index (χ2v) is 4.90. The van der Waals surface area contributed by atoms with Gasteiger partial charge in [0.2, 0.25) is 5.91 Å². The Labute approximate surface area is 105 Å². The zero-order valence-corrected chi connectivity index (χ0v) is 9.97. The predicted octanol–water partition coefficient (Wildman–Crippen LogP) is 0.668. The van der Waals surface area contributed by atoms with Gasteiger partial charge in [0, 0.05) is 25.3 Å². The van der Waals surface area contributed by atoms with Gasteiger partial charge in [0.1, 0.15) is 11.9 Å². The van der Waals surface area contributed by atoms with Crippen LogP contribution in [-0.2, 0) is 4.79 Å². The van der Waals surface area contributed by atoms with Gasteiger partial charge in [-0.3, -0.25) is 4.79 Å². The van der Waals surface area contributed by atoms with Gasteiger partial charge in [-0.25, -0.2) is 4.98 Å². The molecule has 92 valence electrons. The van der Waals surface area contributed by atoms with Crippen molar-refractivity contribution in [3.63, 3.8) is 0 Å². The summed E-state index contributed by atoms with van der Waals surface area (Å²) in [5, 5.41) is 11.7. The van der Waals surface area contributed by atoms with Gasteiger partial charge in [-0.2, -0.15) is 5.26 Å². The molecule has 0 atom stereocenters. The molecule has 1 aliphatic carbocycles. The Bertz CT molecular complexity index is 495. The molecular weight excluding hydrogens is 228 g/mol. The summed E-state index contributed by atoms with van der Waals surface area (Å²) in [7, 11) is 0. The summed E-state index contributed by atoms with van der Waals surface area (Å²) in [4.78, 5) is 18.0. The zero-order chi connectivity index (χ0) is 12.5. The first-order valence-corrected chi connectivity index (χ1v) is 6.18. The summed E-state index contributed by atoms with van der Waals surface area (Å²) in [6, 6.07) is 6.05. The third-order valence-corrected chi connectivity index (χ3v) is 3.38. The topological polar surface area (TPSA) is 69.0 Å². The van der Waals surface area contributed by atoms with Crippen molar-refractivity contribution in [1.82, 2.24) is 10.3 Å². The lowest BCUT2D eigenvalue weighted by Gasteiger charge is -2.39. The van der Waals surface area contributed by atoms with Crippen LogP contribution in [0.2, 0.25) is 0 Å². The molecule has 1 N–H and O–H groups in total. The van der Waals surface area contributed by atoms with E-state index in [1.807, 2.05) is 12.1 Å². The standard InChI is InChI=1S/C13H14N4O/c14-5-9-1-4-12(15-6-9)17-7-10(8-17)13(18)16-11-2-3-11/h1,4,6,10-11H,2-3,7-8H2,(H,16,18). The summed E-state index contributed by atoms with van der Waals surface area (Å²) in [6.07, 6.45) is 3.81. The van der Waals surface area contributed by atoms with Crippen LogP contribution >= 0.6 is 0 Å². The average molecular weight is 242 g/mol. The van der Waals surface area contributed by atoms with Crippen molar-refractivity contribution in [2.24, 2.45) is 5.92 Å². The summed E-state index contributed by atoms with van der Waals surface area (Å²) in [5.41, 5.74) is 0.558. The van der Waals surface area contributed by atoms with Gasteiger partial charge < -0.3 is 10.2 Å². The largest absolute Gasteiger partial charge is 0.355 e. The lowest BCUT2D eigenvalue weighted by atomic mass is 9.99. The smallest absolute Gasteiger partial charge is 0.226 e. The molecule has 1 saturated carbocycles. The van der Waals surface area contributed by atoms with Gasteiger partial charge in [0.25, 0.3) is 0 Å². The maximum atomic E-state index is 11.8. The van der Waals surface area contributed by atoms with Crippen molar-refractivity contribution < 1.29 is 4.79 Å². The predicted molar refractivity (Wildman–Crippen MR) is 65.8 cm³/mol. The van der Waals surface area contributed by atoms with Crippen LogP contribution in [0.5, 0.6) is 0 Å². The number of rotatable bonds is 3. The van der Waals surface area contributed by atoms with Crippen LogP contribution in [0, 0.1) is 17.2 Å². The van der Waals surface area contributed by atoms with E-state index in [4.69, 9.17) is 5.26 Å². The first kappa shape index (κ1) is 11.0. The molecule has 0 aromatic carbocycles. The average Bonchev–Trinajstić information content (AvgIpc) is 3.12. The SMILES string of the molecule is N#Cc1ccc(N2CC(C(=O)NC3CC3)C2)nc1. The lowest BCUT2D eigenvalue weighted by molar-refractivity contribution is -0.125. The fourth-order valence-electron chi connectivity index (χ4n) is 2.02. The van der Waals surface area contributed by atoms with Crippen LogP contribution in [0.3, 0.4) is 0 Å². The fourth-order valence-corrected chi connectivity index (χ4v) is 2.02. The molecule has 0 spiro atoms. The minimum atomic E-state index is 0.0862. The number of nitriles is 1. The third-order valence-electron chi connectivity index (χ3n) is 3.38. The highest BCUT2D eigenvalue weighted by atomic mass is 16.2. The molecule has 2 fully saturated rings. The number of hydrogen-bond donors (Lipinski definition) is 1. The number of carbonyl (C=O) groups excluding carboxylic acids is 1. The first-order chi connectivity index (χ1) is 8.76. The molecule has 3 rings (SSSR count). The maximum absolute atomic E-state index is 11.8. The Morgan fingerprint density at radius 1 is 1.44 bits per heavy atom. The summed E-state index contributed by atoms with van der Waals surface area (Å²) < 4.78 is 0. The Kier molecular flexibility index (Phi) is 2.63. The summed E-state index contributed by atoms with van der Waals surface area (Å²) in [6.45, 7) is 1.44. The highest BCUT2D eigenvalue weighted by molar-refractivity contribution is 5.82. The van der Waals surface area contributed by atoms with E-state index in [-0.39, 0.29) is 11.8 Å². The van der Waals surface area contributed by atoms with Crippen LogP contribution in [0.4, 0.5) is 5.82 Å². The molecule has 1 amide bonds. The Morgan fingerprint density at radius 2 is 2.22 bits per heavy atom. The van der Waals surface area contributed by atoms with Gasteiger partial charge in [0.15, 0.2) is 0 Å². The molecular formula is C13H14N4O. The van der Waals surface area contributed by atoms with Gasteiger partial charge in [-0.1, -0.05) is 0 Å². The molecule has 0 unspecified atom stereocenters. The van der Waals surface area contributed by atoms with Crippen molar-refractivity contribution in [1.29, 1.82) is 5.26 Å². The highest BCUT2D eigenvalue weighted by Crippen LogP contribution is 2.25. The van der Waals surface area contributed by atoms with Crippen molar-refractivity contribution in [2.45, 2.75) is 18.9 Å². The van der Waals surface area contributed by atoms with Gasteiger partial charge in [0.05, 0.1) is 11.5 Å². The number of nitrogens with one attached hydrogen (secondary N) is 1. The van der Waals surface area contributed by atoms with E-state index in [0.29, 0.717) is 11.6 Å². The quantitative estimate of drug-likeness (QED) is 0.845. The van der Waals surface area contributed by atoms with E-state index in [1.54, 1.807) is 12.3 Å². The first-order valence-electron chi connectivity index (χ1n) is 6.18. The molecule has 0 radical (unpaired) electrons. The molecule has 1 aromatic heterocycles. The molecule has 2 aliphatic rings. The molecule has 0 bridgehead atoms. The lowest BCUT2D eigenvalue weighted by Crippen LogP contribution is -2.54. The van der Waals surface area contributed by atoms with Gasteiger partial charge in [-0.05, 0) is 25.0 Å². The minimum absolute atomic E-state index is 0.0862. The molecule has 1 saturated heterocycles. The van der Waals surface area contributed by atoms with E-state index in [2.05, 4.69) is 15.2 Å². The second kappa shape index (κ2) is 4.30. The maximum Gasteiger partial charge on any atom is 0.226 e. The third kappa shape index (κ3) is 2.14. The van der Waals surface area contributed by atoms with Gasteiger partial charge in [-0.15, -0.1) is 0 Å². The minimum Gasteiger partial charge on any atom is -0.355 e. The second-order valence-electron chi connectivity index (χ2n) is 4.90. The molecule has 1 aromatic rings. The van der Waals surface area contributed by atoms with Crippen LogP contribution in [-0.4, -0.2) is 30.0 Å². The van der Waals surface area contributed by atoms with E-state index in [0.717, 1.165) is 31.7 Å². The molecule has 1 aliphatic heterocycles. The molecule has 5 nitrogen and oxygen atoms in total. The zero-order valence-electron chi connectivity index (χ0n) is 9.97. The van der Waals surface area contributed by atoms with Crippen molar-refractivity contribution in [3.8, 4) is 6.07 Å². The highest BCUT2D eigenvalue weighted by Gasteiger charge is 2.35. The van der Waals surface area contributed by atoms with Crippen LogP contribution in [0.25, 0.3) is 0 Å². The molecule has 5 heteroatoms. The number of hydrogen-bond acceptors (Lipinski definition) is 4. The number of anilines is 1. The summed E-state index contributed by atoms with van der Waals surface area (Å²) in [5.74, 6) is 1.09. The van der Waals surface area contributed by atoms with Crippen molar-refractivity contribution in [2.75, 3.05) is 18.0 Å². The number of amides is 1. The van der Waals surface area contributed by atoms with Crippen molar-refractivity contribution >= 4 is 11.7 Å². The van der Waals surface area contributed by atoms with E-state index >= 15 is 0 Å². The van der Waals surface area contributed by atoms with E-state index in [9.17, 15) is 4.79 Å². The molecule has 2 heterocycles. The number of aromatic nitrogens is 1. The Balaban J connectivity index is 1.54. The van der Waals surface area contributed by atoms with Gasteiger partial charge >= 0.3 is 0 Å². The Hall–Kier alpha value is -2.09. The monoisotopic (exact) mass is 242 g/mol. The van der Waals surface area contributed by atoms with Crippen molar-refractivity contribution in [3.05, 3.63) is 23.9 Å². The normalized spacial score (nSPS) is 18.9. The van der Waals surface area contributed by atoms with E-state index in [1.165, 1.54) is 0 Å².